The number of allylic oxidation sites excluding steroid dienone is 4. The van der Waals surface area contributed by atoms with Crippen LogP contribution in [0, 0.1) is 28.6 Å². The van der Waals surface area contributed by atoms with Gasteiger partial charge in [-0.25, -0.2) is 0 Å². The summed E-state index contributed by atoms with van der Waals surface area (Å²) >= 11 is 0. The van der Waals surface area contributed by atoms with Gasteiger partial charge in [0.2, 0.25) is 11.7 Å². The number of hydrogen-bond acceptors (Lipinski definition) is 8. The predicted molar refractivity (Wildman–Crippen MR) is 144 cm³/mol. The third kappa shape index (κ3) is 4.83. The van der Waals surface area contributed by atoms with E-state index < -0.39 is 40.9 Å². The van der Waals surface area contributed by atoms with Gasteiger partial charge in [-0.05, 0) is 68.2 Å². The molecule has 0 spiro atoms. The Morgan fingerprint density at radius 2 is 1.98 bits per heavy atom. The summed E-state index contributed by atoms with van der Waals surface area (Å²) in [5, 5.41) is 25.9. The van der Waals surface area contributed by atoms with Gasteiger partial charge in [0, 0.05) is 29.4 Å². The fraction of sp³-hybridized carbons (Fsp3) is 0.581. The van der Waals surface area contributed by atoms with Crippen molar-refractivity contribution in [1.29, 1.82) is 0 Å². The lowest BCUT2D eigenvalue weighted by Gasteiger charge is -2.59. The molecule has 214 valence electrons. The Kier molecular flexibility index (Phi) is 7.56. The largest absolute Gasteiger partial charge is 0.458 e. The summed E-state index contributed by atoms with van der Waals surface area (Å²) in [4.78, 5) is 53.9. The van der Waals surface area contributed by atoms with Crippen LogP contribution in [0.25, 0.3) is 0 Å². The number of amides is 1. The third-order valence-electron chi connectivity index (χ3n) is 10.2. The number of aromatic nitrogens is 1. The van der Waals surface area contributed by atoms with Gasteiger partial charge in [-0.2, -0.15) is 0 Å². The molecule has 5 rings (SSSR count). The second-order valence-electron chi connectivity index (χ2n) is 12.3. The molecule has 9 heteroatoms. The average molecular weight is 551 g/mol. The molecule has 0 aromatic carbocycles. The summed E-state index contributed by atoms with van der Waals surface area (Å²) in [5.41, 5.74) is -1.27. The second kappa shape index (κ2) is 10.7. The summed E-state index contributed by atoms with van der Waals surface area (Å²) in [6.45, 7) is 3.63. The van der Waals surface area contributed by atoms with Crippen LogP contribution in [0.5, 0.6) is 0 Å². The van der Waals surface area contributed by atoms with Gasteiger partial charge in [-0.3, -0.25) is 24.2 Å². The zero-order valence-electron chi connectivity index (χ0n) is 23.1. The van der Waals surface area contributed by atoms with Crippen LogP contribution in [-0.2, 0) is 30.5 Å². The number of fused-ring (bicyclic) bond motifs is 5. The van der Waals surface area contributed by atoms with E-state index in [0.29, 0.717) is 12.1 Å². The molecule has 1 aromatic heterocycles. The highest BCUT2D eigenvalue weighted by atomic mass is 16.5. The standard InChI is InChI=1S/C31H38N2O7/c1-29-12-10-21(34)15-19(29)6-7-22-23-11-13-31(39,30(23,2)16-24(35)28(22)29)25(36)18-40-27(38)9-8-26(37)33-17-20-5-3-4-14-32-20/h3-5,10,12,14-15,22-24,28,35,39H,6-9,11,13,16-18H2,1-2H3,(H,33,37)/t22-,23+,24+,28+,29+,30+,31+/m1/s1. The number of aliphatic hydroxyl groups excluding tert-OH is 1. The molecular weight excluding hydrogens is 512 g/mol. The summed E-state index contributed by atoms with van der Waals surface area (Å²) in [7, 11) is 0. The molecule has 0 bridgehead atoms. The molecule has 4 aliphatic rings. The number of esters is 1. The number of ether oxygens (including phenoxy) is 1. The topological polar surface area (TPSA) is 143 Å². The summed E-state index contributed by atoms with van der Waals surface area (Å²) in [5.74, 6) is -1.62. The van der Waals surface area contributed by atoms with Gasteiger partial charge in [-0.15, -0.1) is 0 Å². The Hall–Kier alpha value is -3.17. The fourth-order valence-corrected chi connectivity index (χ4v) is 8.12. The van der Waals surface area contributed by atoms with Crippen LogP contribution >= 0.6 is 0 Å². The van der Waals surface area contributed by atoms with E-state index in [1.54, 1.807) is 30.5 Å². The van der Waals surface area contributed by atoms with E-state index >= 15 is 0 Å². The van der Waals surface area contributed by atoms with Crippen molar-refractivity contribution in [3.8, 4) is 0 Å². The Labute approximate surface area is 234 Å². The maximum Gasteiger partial charge on any atom is 0.306 e. The van der Waals surface area contributed by atoms with Crippen LogP contribution in [0.3, 0.4) is 0 Å². The van der Waals surface area contributed by atoms with E-state index in [4.69, 9.17) is 4.74 Å². The minimum atomic E-state index is -1.72. The number of aliphatic hydroxyl groups is 2. The van der Waals surface area contributed by atoms with Crippen LogP contribution in [0.15, 0.2) is 48.2 Å². The monoisotopic (exact) mass is 550 g/mol. The summed E-state index contributed by atoms with van der Waals surface area (Å²) in [6, 6.07) is 5.37. The number of rotatable bonds is 8. The SMILES string of the molecule is C[C@]12C=CC(=O)C=C1CC[C@H]1[C@H]2[C@@H](O)C[C@@]2(C)[C@H]1CC[C@]2(O)C(=O)COC(=O)CCC(=O)NCc1ccccn1. The lowest BCUT2D eigenvalue weighted by Crippen LogP contribution is -2.61. The number of ketones is 2. The van der Waals surface area contributed by atoms with Gasteiger partial charge in [0.05, 0.1) is 24.8 Å². The van der Waals surface area contributed by atoms with E-state index in [0.717, 1.165) is 18.4 Å². The van der Waals surface area contributed by atoms with Gasteiger partial charge < -0.3 is 20.3 Å². The molecule has 9 nitrogen and oxygen atoms in total. The lowest BCUT2D eigenvalue weighted by molar-refractivity contribution is -0.181. The van der Waals surface area contributed by atoms with Crippen molar-refractivity contribution in [3.63, 3.8) is 0 Å². The Bertz CT molecular complexity index is 1260. The fourth-order valence-electron chi connectivity index (χ4n) is 8.12. The molecule has 0 aliphatic heterocycles. The molecular formula is C31H38N2O7. The molecule has 4 aliphatic carbocycles. The highest BCUT2D eigenvalue weighted by Gasteiger charge is 2.68. The third-order valence-corrected chi connectivity index (χ3v) is 10.2. The highest BCUT2D eigenvalue weighted by Crippen LogP contribution is 2.67. The van der Waals surface area contributed by atoms with Gasteiger partial charge >= 0.3 is 5.97 Å². The molecule has 3 saturated carbocycles. The molecule has 0 unspecified atom stereocenters. The molecule has 0 radical (unpaired) electrons. The Balaban J connectivity index is 1.18. The zero-order valence-corrected chi connectivity index (χ0v) is 23.1. The zero-order chi connectivity index (χ0) is 28.7. The first-order chi connectivity index (χ1) is 19.0. The minimum absolute atomic E-state index is 0.0118. The van der Waals surface area contributed by atoms with Crippen LogP contribution in [0.4, 0.5) is 0 Å². The number of hydrogen-bond donors (Lipinski definition) is 3. The van der Waals surface area contributed by atoms with Crippen LogP contribution in [0.2, 0.25) is 0 Å². The number of nitrogens with zero attached hydrogens (tertiary/aromatic N) is 1. The highest BCUT2D eigenvalue weighted by molar-refractivity contribution is 6.01. The van der Waals surface area contributed by atoms with Crippen molar-refractivity contribution in [3.05, 3.63) is 53.9 Å². The molecule has 0 saturated heterocycles. The van der Waals surface area contributed by atoms with Crippen molar-refractivity contribution in [2.24, 2.45) is 28.6 Å². The van der Waals surface area contributed by atoms with Crippen LogP contribution < -0.4 is 5.32 Å². The maximum atomic E-state index is 13.4. The first-order valence-electron chi connectivity index (χ1n) is 14.2. The minimum Gasteiger partial charge on any atom is -0.458 e. The van der Waals surface area contributed by atoms with E-state index in [2.05, 4.69) is 17.2 Å². The molecule has 40 heavy (non-hydrogen) atoms. The quantitative estimate of drug-likeness (QED) is 0.419. The van der Waals surface area contributed by atoms with E-state index in [-0.39, 0.29) is 61.7 Å². The van der Waals surface area contributed by atoms with Gasteiger partial charge in [0.1, 0.15) is 5.60 Å². The summed E-state index contributed by atoms with van der Waals surface area (Å²) < 4.78 is 5.20. The normalized spacial score (nSPS) is 36.1. The molecule has 1 heterocycles. The van der Waals surface area contributed by atoms with E-state index in [9.17, 15) is 29.4 Å². The van der Waals surface area contributed by atoms with Gasteiger partial charge in [0.15, 0.2) is 12.4 Å². The Morgan fingerprint density at radius 1 is 1.18 bits per heavy atom. The van der Waals surface area contributed by atoms with Crippen molar-refractivity contribution in [2.45, 2.75) is 77.0 Å². The molecule has 3 fully saturated rings. The molecule has 7 atom stereocenters. The number of carbonyl (C=O) groups excluding carboxylic acids is 4. The van der Waals surface area contributed by atoms with Crippen molar-refractivity contribution in [1.82, 2.24) is 10.3 Å². The van der Waals surface area contributed by atoms with Gasteiger partial charge in [-0.1, -0.05) is 31.6 Å². The molecule has 1 aromatic rings. The first kappa shape index (κ1) is 28.4. The van der Waals surface area contributed by atoms with Gasteiger partial charge in [0.25, 0.3) is 0 Å². The maximum absolute atomic E-state index is 13.4. The molecule has 1 amide bonds. The smallest absolute Gasteiger partial charge is 0.306 e. The van der Waals surface area contributed by atoms with Crippen molar-refractivity contribution in [2.75, 3.05) is 6.61 Å². The van der Waals surface area contributed by atoms with E-state index in [1.807, 2.05) is 19.1 Å². The predicted octanol–water partition coefficient (Wildman–Crippen LogP) is 2.60. The van der Waals surface area contributed by atoms with E-state index in [1.165, 1.54) is 0 Å². The number of carbonyl (C=O) groups is 4. The average Bonchev–Trinajstić information content (AvgIpc) is 3.20. The van der Waals surface area contributed by atoms with Crippen LogP contribution in [-0.4, -0.2) is 57.0 Å². The molecule has 3 N–H and O–H groups in total. The van der Waals surface area contributed by atoms with Crippen molar-refractivity contribution < 1.29 is 34.1 Å². The first-order valence-corrected chi connectivity index (χ1v) is 14.2. The Morgan fingerprint density at radius 3 is 2.73 bits per heavy atom. The lowest BCUT2D eigenvalue weighted by atomic mass is 9.46. The van der Waals surface area contributed by atoms with Crippen LogP contribution in [0.1, 0.15) is 64.5 Å². The number of Topliss-reactive ketones (excluding diaryl/α,β-unsaturated/α-hetero) is 1. The van der Waals surface area contributed by atoms with Crippen molar-refractivity contribution >= 4 is 23.4 Å². The summed E-state index contributed by atoms with van der Waals surface area (Å²) in [6.07, 6.45) is 8.45. The number of pyridine rings is 1. The second-order valence-corrected chi connectivity index (χ2v) is 12.3. The number of nitrogens with one attached hydrogen (secondary N) is 1.